The summed E-state index contributed by atoms with van der Waals surface area (Å²) in [6.45, 7) is 14.9. The van der Waals surface area contributed by atoms with Crippen molar-refractivity contribution >= 4 is 8.32 Å². The van der Waals surface area contributed by atoms with Gasteiger partial charge >= 0.3 is 0 Å². The lowest BCUT2D eigenvalue weighted by atomic mass is 9.96. The standard InChI is InChI=1S/C42H60O7Si/c1-31(2)50(32(3)4,33(5)6)49-46-30-38-39(43-27-34-19-11-7-12-20-34)40(44-28-35-21-13-8-14-22-35)41(45-29-36-23-15-9-16-24-36)42(48-38)47-37-25-17-10-18-26-37/h7-9,11-16,19-24,31-33,37-42H,10,17-18,25-30H2,1-6H3/t38-,39-,40+,41+,42+/m1/s1. The summed E-state index contributed by atoms with van der Waals surface area (Å²) in [6, 6.07) is 30.7. The highest BCUT2D eigenvalue weighted by atomic mass is 28.4. The van der Waals surface area contributed by atoms with Gasteiger partial charge in [-0.2, -0.15) is 0 Å². The largest absolute Gasteiger partial charge is 0.368 e. The fraction of sp³-hybridized carbons (Fsp3) is 0.571. The molecule has 1 aliphatic heterocycles. The van der Waals surface area contributed by atoms with Gasteiger partial charge in [0, 0.05) is 0 Å². The van der Waals surface area contributed by atoms with E-state index >= 15 is 0 Å². The molecule has 1 saturated carbocycles. The summed E-state index contributed by atoms with van der Waals surface area (Å²) in [4.78, 5) is 6.32. The van der Waals surface area contributed by atoms with Crippen molar-refractivity contribution in [3.63, 3.8) is 0 Å². The summed E-state index contributed by atoms with van der Waals surface area (Å²) in [7, 11) is -2.30. The number of hydrogen-bond acceptors (Lipinski definition) is 7. The third kappa shape index (κ3) is 10.4. The quantitative estimate of drug-likeness (QED) is 0.0742. The SMILES string of the molecule is CC(C)[Si](OOC[C@H]1O[C@H](OC2CCCCC2)[C@@H](OCc2ccccc2)[C@@H](OCc2ccccc2)[C@@H]1OCc1ccccc1)(C(C)C)C(C)C. The zero-order chi connectivity index (χ0) is 35.3. The Morgan fingerprint density at radius 2 is 1.02 bits per heavy atom. The molecule has 2 fully saturated rings. The van der Waals surface area contributed by atoms with Gasteiger partial charge in [0.05, 0.1) is 25.9 Å². The van der Waals surface area contributed by atoms with Crippen LogP contribution >= 0.6 is 0 Å². The average molecular weight is 705 g/mol. The summed E-state index contributed by atoms with van der Waals surface area (Å²) in [5.41, 5.74) is 4.34. The zero-order valence-corrected chi connectivity index (χ0v) is 32.1. The van der Waals surface area contributed by atoms with Gasteiger partial charge in [-0.25, -0.2) is 4.89 Å². The molecule has 7 nitrogen and oxygen atoms in total. The highest BCUT2D eigenvalue weighted by molar-refractivity contribution is 6.77. The van der Waals surface area contributed by atoms with Crippen LogP contribution in [0.3, 0.4) is 0 Å². The van der Waals surface area contributed by atoms with E-state index in [0.717, 1.165) is 42.4 Å². The van der Waals surface area contributed by atoms with E-state index in [1.165, 1.54) is 6.42 Å². The Labute approximate surface area is 302 Å². The fourth-order valence-electron chi connectivity index (χ4n) is 7.87. The molecule has 0 amide bonds. The van der Waals surface area contributed by atoms with Crippen LogP contribution < -0.4 is 0 Å². The van der Waals surface area contributed by atoms with Gasteiger partial charge in [0.15, 0.2) is 6.29 Å². The predicted octanol–water partition coefficient (Wildman–Crippen LogP) is 9.94. The first-order valence-corrected chi connectivity index (χ1v) is 21.0. The molecule has 3 aromatic rings. The smallest absolute Gasteiger partial charge is 0.246 e. The van der Waals surface area contributed by atoms with Crippen molar-refractivity contribution in [3.05, 3.63) is 108 Å². The van der Waals surface area contributed by atoms with Crippen LogP contribution in [-0.4, -0.2) is 51.7 Å². The van der Waals surface area contributed by atoms with Crippen molar-refractivity contribution < 1.29 is 33.1 Å². The van der Waals surface area contributed by atoms with Crippen LogP contribution in [-0.2, 0) is 53.0 Å². The van der Waals surface area contributed by atoms with Gasteiger partial charge in [-0.15, -0.1) is 0 Å². The molecule has 2 aliphatic rings. The van der Waals surface area contributed by atoms with Crippen molar-refractivity contribution in [3.8, 4) is 0 Å². The van der Waals surface area contributed by atoms with Gasteiger partial charge in [0.1, 0.15) is 31.0 Å². The van der Waals surface area contributed by atoms with Crippen LogP contribution in [0.15, 0.2) is 91.0 Å². The molecule has 50 heavy (non-hydrogen) atoms. The lowest BCUT2D eigenvalue weighted by Crippen LogP contribution is -2.62. The molecule has 1 heterocycles. The van der Waals surface area contributed by atoms with Crippen LogP contribution in [0.25, 0.3) is 0 Å². The molecule has 0 spiro atoms. The normalized spacial score (nSPS) is 23.6. The summed E-state index contributed by atoms with van der Waals surface area (Å²) in [5.74, 6) is 0. The number of benzene rings is 3. The summed E-state index contributed by atoms with van der Waals surface area (Å²) in [5, 5.41) is 0. The van der Waals surface area contributed by atoms with Crippen molar-refractivity contribution in [1.29, 1.82) is 0 Å². The van der Waals surface area contributed by atoms with Gasteiger partial charge < -0.3 is 23.7 Å². The molecule has 0 bridgehead atoms. The highest BCUT2D eigenvalue weighted by Crippen LogP contribution is 2.43. The van der Waals surface area contributed by atoms with Gasteiger partial charge in [0.25, 0.3) is 0 Å². The molecule has 1 aliphatic carbocycles. The third-order valence-corrected chi connectivity index (χ3v) is 16.3. The Morgan fingerprint density at radius 3 is 1.48 bits per heavy atom. The molecule has 0 N–H and O–H groups in total. The second-order valence-corrected chi connectivity index (χ2v) is 20.2. The van der Waals surface area contributed by atoms with Crippen LogP contribution in [0.2, 0.25) is 16.6 Å². The molecule has 274 valence electrons. The van der Waals surface area contributed by atoms with E-state index in [9.17, 15) is 0 Å². The third-order valence-electron chi connectivity index (χ3n) is 10.5. The molecule has 0 radical (unpaired) electrons. The van der Waals surface area contributed by atoms with E-state index in [-0.39, 0.29) is 12.7 Å². The van der Waals surface area contributed by atoms with Gasteiger partial charge in [-0.05, 0) is 46.2 Å². The molecule has 3 aromatic carbocycles. The van der Waals surface area contributed by atoms with E-state index in [2.05, 4.69) is 77.9 Å². The molecule has 0 unspecified atom stereocenters. The van der Waals surface area contributed by atoms with Crippen LogP contribution in [0.5, 0.6) is 0 Å². The van der Waals surface area contributed by atoms with Crippen LogP contribution in [0, 0.1) is 0 Å². The predicted molar refractivity (Wildman–Crippen MR) is 200 cm³/mol. The minimum absolute atomic E-state index is 0.0915. The molecule has 8 heteroatoms. The summed E-state index contributed by atoms with van der Waals surface area (Å²) >= 11 is 0. The van der Waals surface area contributed by atoms with Crippen molar-refractivity contribution in [2.75, 3.05) is 6.61 Å². The van der Waals surface area contributed by atoms with Gasteiger partial charge in [-0.1, -0.05) is 152 Å². The maximum absolute atomic E-state index is 6.93. The Balaban J connectivity index is 1.47. The van der Waals surface area contributed by atoms with Crippen LogP contribution in [0.4, 0.5) is 0 Å². The maximum Gasteiger partial charge on any atom is 0.246 e. The zero-order valence-electron chi connectivity index (χ0n) is 31.1. The lowest BCUT2D eigenvalue weighted by Gasteiger charge is -2.47. The molecule has 1 saturated heterocycles. The highest BCUT2D eigenvalue weighted by Gasteiger charge is 2.51. The van der Waals surface area contributed by atoms with E-state index < -0.39 is 39.0 Å². The molecular formula is C42H60O7Si. The monoisotopic (exact) mass is 704 g/mol. The minimum Gasteiger partial charge on any atom is -0.368 e. The van der Waals surface area contributed by atoms with Crippen LogP contribution in [0.1, 0.15) is 90.3 Å². The lowest BCUT2D eigenvalue weighted by molar-refractivity contribution is -0.352. The molecular weight excluding hydrogens is 645 g/mol. The van der Waals surface area contributed by atoms with E-state index in [0.29, 0.717) is 36.4 Å². The number of ether oxygens (including phenoxy) is 5. The van der Waals surface area contributed by atoms with Gasteiger partial charge in [0.2, 0.25) is 8.32 Å². The second kappa shape index (κ2) is 19.4. The van der Waals surface area contributed by atoms with Gasteiger partial charge in [-0.3, -0.25) is 4.58 Å². The molecule has 0 aromatic heterocycles. The Bertz CT molecular complexity index is 1330. The molecule has 5 rings (SSSR count). The first-order chi connectivity index (χ1) is 24.3. The van der Waals surface area contributed by atoms with E-state index in [4.69, 9.17) is 33.1 Å². The maximum atomic E-state index is 6.93. The van der Waals surface area contributed by atoms with Crippen molar-refractivity contribution in [2.45, 2.75) is 147 Å². The second-order valence-electron chi connectivity index (χ2n) is 14.9. The fourth-order valence-corrected chi connectivity index (χ4v) is 12.7. The Hall–Kier alpha value is -2.40. The van der Waals surface area contributed by atoms with Crippen molar-refractivity contribution in [2.24, 2.45) is 0 Å². The first kappa shape index (κ1) is 38.8. The first-order valence-electron chi connectivity index (χ1n) is 18.9. The Morgan fingerprint density at radius 1 is 0.580 bits per heavy atom. The summed E-state index contributed by atoms with van der Waals surface area (Å²) in [6.07, 6.45) is 2.85. The van der Waals surface area contributed by atoms with E-state index in [1.807, 2.05) is 54.6 Å². The van der Waals surface area contributed by atoms with Crippen molar-refractivity contribution in [1.82, 2.24) is 0 Å². The average Bonchev–Trinajstić information content (AvgIpc) is 3.12. The summed E-state index contributed by atoms with van der Waals surface area (Å²) < 4.78 is 40.9. The molecule has 5 atom stereocenters. The number of hydrogen-bond donors (Lipinski definition) is 0. The van der Waals surface area contributed by atoms with E-state index in [1.54, 1.807) is 0 Å². The topological polar surface area (TPSA) is 64.6 Å². The Kier molecular flexibility index (Phi) is 15.1. The number of rotatable bonds is 18. The minimum atomic E-state index is -2.30.